The zero-order chi connectivity index (χ0) is 17.5. The summed E-state index contributed by atoms with van der Waals surface area (Å²) < 4.78 is 0. The number of hydrogen-bond acceptors (Lipinski definition) is 4. The van der Waals surface area contributed by atoms with Crippen LogP contribution in [0.3, 0.4) is 0 Å². The summed E-state index contributed by atoms with van der Waals surface area (Å²) in [4.78, 5) is 25.0. The lowest BCUT2D eigenvalue weighted by molar-refractivity contribution is 0.0767. The summed E-state index contributed by atoms with van der Waals surface area (Å²) in [6.07, 6.45) is 1.48. The van der Waals surface area contributed by atoms with Crippen LogP contribution in [0.15, 0.2) is 42.7 Å². The first-order valence-corrected chi connectivity index (χ1v) is 8.48. The highest BCUT2D eigenvalue weighted by Crippen LogP contribution is 2.18. The minimum Gasteiger partial charge on any atom is -0.350 e. The summed E-state index contributed by atoms with van der Waals surface area (Å²) in [7, 11) is 0. The van der Waals surface area contributed by atoms with E-state index in [0.29, 0.717) is 18.8 Å². The van der Waals surface area contributed by atoms with Crippen molar-refractivity contribution in [3.05, 3.63) is 54.0 Å². The summed E-state index contributed by atoms with van der Waals surface area (Å²) >= 11 is 0. The molecule has 0 aliphatic heterocycles. The van der Waals surface area contributed by atoms with Gasteiger partial charge in [-0.1, -0.05) is 30.3 Å². The van der Waals surface area contributed by atoms with Crippen LogP contribution >= 0.6 is 0 Å². The van der Waals surface area contributed by atoms with E-state index in [2.05, 4.69) is 40.8 Å². The molecule has 128 valence electrons. The molecule has 0 unspecified atom stereocenters. The maximum Gasteiger partial charge on any atom is 0.272 e. The van der Waals surface area contributed by atoms with Gasteiger partial charge in [-0.25, -0.2) is 9.97 Å². The molecule has 0 aliphatic carbocycles. The molecular formula is C19H26N4O. The van der Waals surface area contributed by atoms with Crippen LogP contribution < -0.4 is 4.90 Å². The molecule has 24 heavy (non-hydrogen) atoms. The highest BCUT2D eigenvalue weighted by Gasteiger charge is 2.18. The number of carbonyl (C=O) groups is 1. The summed E-state index contributed by atoms with van der Waals surface area (Å²) in [6.45, 7) is 10.3. The van der Waals surface area contributed by atoms with Gasteiger partial charge in [0.1, 0.15) is 17.8 Å². The molecule has 1 aromatic carbocycles. The lowest BCUT2D eigenvalue weighted by Crippen LogP contribution is -2.33. The second kappa shape index (κ2) is 8.43. The smallest absolute Gasteiger partial charge is 0.272 e. The molecule has 0 radical (unpaired) electrons. The molecule has 0 spiro atoms. The highest BCUT2D eigenvalue weighted by molar-refractivity contribution is 5.92. The zero-order valence-corrected chi connectivity index (χ0v) is 14.9. The minimum atomic E-state index is -0.0490. The van der Waals surface area contributed by atoms with Crippen LogP contribution in [0.25, 0.3) is 0 Å². The van der Waals surface area contributed by atoms with Gasteiger partial charge >= 0.3 is 0 Å². The average Bonchev–Trinajstić information content (AvgIpc) is 2.61. The van der Waals surface area contributed by atoms with Crippen LogP contribution in [0.2, 0.25) is 0 Å². The lowest BCUT2D eigenvalue weighted by atomic mass is 10.2. The fourth-order valence-corrected chi connectivity index (χ4v) is 2.60. The van der Waals surface area contributed by atoms with E-state index in [1.165, 1.54) is 11.9 Å². The van der Waals surface area contributed by atoms with E-state index in [1.807, 2.05) is 32.0 Å². The normalized spacial score (nSPS) is 10.7. The highest BCUT2D eigenvalue weighted by atomic mass is 16.2. The number of benzene rings is 1. The Hall–Kier alpha value is -2.43. The van der Waals surface area contributed by atoms with E-state index >= 15 is 0 Å². The van der Waals surface area contributed by atoms with Gasteiger partial charge in [-0.2, -0.15) is 0 Å². The van der Waals surface area contributed by atoms with Crippen LogP contribution in [0.4, 0.5) is 5.82 Å². The number of nitrogens with zero attached hydrogens (tertiary/aromatic N) is 4. The van der Waals surface area contributed by atoms with Crippen LogP contribution in [-0.2, 0) is 6.54 Å². The Kier molecular flexibility index (Phi) is 6.29. The monoisotopic (exact) mass is 326 g/mol. The lowest BCUT2D eigenvalue weighted by Gasteiger charge is -2.28. The van der Waals surface area contributed by atoms with Gasteiger partial charge < -0.3 is 9.80 Å². The number of aromatic nitrogens is 2. The van der Waals surface area contributed by atoms with Crippen molar-refractivity contribution in [1.82, 2.24) is 14.9 Å². The topological polar surface area (TPSA) is 49.3 Å². The molecule has 0 saturated carbocycles. The van der Waals surface area contributed by atoms with Crippen molar-refractivity contribution in [2.24, 2.45) is 0 Å². The molecule has 5 heteroatoms. The molecule has 0 fully saturated rings. The Morgan fingerprint density at radius 2 is 1.75 bits per heavy atom. The summed E-state index contributed by atoms with van der Waals surface area (Å²) in [5.74, 6) is 0.728. The first-order chi connectivity index (χ1) is 11.6. The minimum absolute atomic E-state index is 0.0490. The molecule has 5 nitrogen and oxygen atoms in total. The van der Waals surface area contributed by atoms with E-state index in [4.69, 9.17) is 0 Å². The third-order valence-corrected chi connectivity index (χ3v) is 4.04. The van der Waals surface area contributed by atoms with E-state index in [9.17, 15) is 4.79 Å². The van der Waals surface area contributed by atoms with Gasteiger partial charge in [0.2, 0.25) is 0 Å². The van der Waals surface area contributed by atoms with Crippen molar-refractivity contribution in [3.8, 4) is 0 Å². The van der Waals surface area contributed by atoms with E-state index in [1.54, 1.807) is 11.0 Å². The van der Waals surface area contributed by atoms with E-state index in [-0.39, 0.29) is 11.9 Å². The largest absolute Gasteiger partial charge is 0.350 e. The van der Waals surface area contributed by atoms with Gasteiger partial charge in [-0.15, -0.1) is 0 Å². The Morgan fingerprint density at radius 3 is 2.33 bits per heavy atom. The summed E-state index contributed by atoms with van der Waals surface area (Å²) in [5, 5.41) is 0. The molecule has 0 N–H and O–H groups in total. The Morgan fingerprint density at radius 1 is 1.08 bits per heavy atom. The van der Waals surface area contributed by atoms with Crippen molar-refractivity contribution in [2.75, 3.05) is 18.0 Å². The molecular weight excluding hydrogens is 300 g/mol. The standard InChI is InChI=1S/C19H26N4O/c1-5-22(6-2)19(24)17-12-18(21-14-20-17)23(15(3)4)13-16-10-8-7-9-11-16/h7-12,14-15H,5-6,13H2,1-4H3. The second-order valence-corrected chi connectivity index (χ2v) is 5.95. The van der Waals surface area contributed by atoms with Crippen molar-refractivity contribution < 1.29 is 4.79 Å². The molecule has 0 saturated heterocycles. The average molecular weight is 326 g/mol. The first-order valence-electron chi connectivity index (χ1n) is 8.48. The van der Waals surface area contributed by atoms with Gasteiger partial charge in [-0.3, -0.25) is 4.79 Å². The number of rotatable bonds is 7. The van der Waals surface area contributed by atoms with Gasteiger partial charge in [0, 0.05) is 31.7 Å². The quantitative estimate of drug-likeness (QED) is 0.783. The van der Waals surface area contributed by atoms with Gasteiger partial charge in [0.15, 0.2) is 0 Å². The Balaban J connectivity index is 2.28. The fourth-order valence-electron chi connectivity index (χ4n) is 2.60. The first kappa shape index (κ1) is 17.9. The van der Waals surface area contributed by atoms with Crippen LogP contribution in [0, 0.1) is 0 Å². The Bertz CT molecular complexity index is 653. The predicted octanol–water partition coefficient (Wildman–Crippen LogP) is 3.37. The molecule has 0 bridgehead atoms. The Labute approximate surface area is 144 Å². The van der Waals surface area contributed by atoms with Crippen LogP contribution in [0.5, 0.6) is 0 Å². The third kappa shape index (κ3) is 4.31. The molecule has 2 aromatic rings. The maximum atomic E-state index is 12.5. The number of anilines is 1. The zero-order valence-electron chi connectivity index (χ0n) is 14.9. The predicted molar refractivity (Wildman–Crippen MR) is 97.0 cm³/mol. The molecule has 1 aromatic heterocycles. The number of hydrogen-bond donors (Lipinski definition) is 0. The second-order valence-electron chi connectivity index (χ2n) is 5.95. The summed E-state index contributed by atoms with van der Waals surface area (Å²) in [6, 6.07) is 12.3. The van der Waals surface area contributed by atoms with Crippen molar-refractivity contribution in [3.63, 3.8) is 0 Å². The van der Waals surface area contributed by atoms with Gasteiger partial charge in [0.05, 0.1) is 0 Å². The van der Waals surface area contributed by atoms with E-state index in [0.717, 1.165) is 12.4 Å². The van der Waals surface area contributed by atoms with Crippen LogP contribution in [-0.4, -0.2) is 39.9 Å². The molecule has 0 atom stereocenters. The molecule has 2 rings (SSSR count). The third-order valence-electron chi connectivity index (χ3n) is 4.04. The summed E-state index contributed by atoms with van der Waals surface area (Å²) in [5.41, 5.74) is 1.66. The van der Waals surface area contributed by atoms with Gasteiger partial charge in [-0.05, 0) is 33.3 Å². The molecule has 1 heterocycles. The van der Waals surface area contributed by atoms with Gasteiger partial charge in [0.25, 0.3) is 5.91 Å². The van der Waals surface area contributed by atoms with E-state index < -0.39 is 0 Å². The number of amides is 1. The SMILES string of the molecule is CCN(CC)C(=O)c1cc(N(Cc2ccccc2)C(C)C)ncn1. The fraction of sp³-hybridized carbons (Fsp3) is 0.421. The van der Waals surface area contributed by atoms with Crippen LogP contribution in [0.1, 0.15) is 43.7 Å². The molecule has 0 aliphatic rings. The number of carbonyl (C=O) groups excluding carboxylic acids is 1. The maximum absolute atomic E-state index is 12.5. The van der Waals surface area contributed by atoms with Crippen molar-refractivity contribution in [2.45, 2.75) is 40.3 Å². The molecule has 1 amide bonds. The van der Waals surface area contributed by atoms with Crippen molar-refractivity contribution >= 4 is 11.7 Å². The van der Waals surface area contributed by atoms with Crippen molar-refractivity contribution in [1.29, 1.82) is 0 Å².